The van der Waals surface area contributed by atoms with Crippen LogP contribution in [0.15, 0.2) is 48.6 Å². The molecule has 0 aliphatic carbocycles. The SMILES string of the molecule is CCCCCC/C=C\C/C=C\CCCCCCCCCC(=O)OC(COCCCCCCCC/C=C\C/C=C\CCCCCC)COP(=O)(O)OCC(N)C(=O)O. The number of phosphoric ester groups is 1. The fraction of sp³-hybridized carbons (Fsp3) is 0.783. The number of esters is 1. The molecule has 0 heterocycles. The molecular formula is C46H84NO9P. The summed E-state index contributed by atoms with van der Waals surface area (Å²) in [5, 5.41) is 8.90. The van der Waals surface area contributed by atoms with Gasteiger partial charge in [-0.05, 0) is 77.0 Å². The molecule has 57 heavy (non-hydrogen) atoms. The topological polar surface area (TPSA) is 155 Å². The summed E-state index contributed by atoms with van der Waals surface area (Å²) in [5.74, 6) is -1.79. The van der Waals surface area contributed by atoms with Crippen LogP contribution >= 0.6 is 7.82 Å². The number of carboxylic acid groups (broad SMARTS) is 1. The molecule has 0 aromatic rings. The third-order valence-electron chi connectivity index (χ3n) is 9.58. The summed E-state index contributed by atoms with van der Waals surface area (Å²) in [6.45, 7) is 3.82. The molecule has 0 bridgehead atoms. The Morgan fingerprint density at radius 2 is 0.965 bits per heavy atom. The van der Waals surface area contributed by atoms with Gasteiger partial charge in [0.1, 0.15) is 12.1 Å². The van der Waals surface area contributed by atoms with Crippen molar-refractivity contribution in [2.24, 2.45) is 5.73 Å². The molecule has 0 aromatic heterocycles. The Bertz CT molecular complexity index is 1090. The molecule has 0 spiro atoms. The maximum atomic E-state index is 12.6. The number of carboxylic acids is 1. The van der Waals surface area contributed by atoms with Crippen molar-refractivity contribution < 1.29 is 42.7 Å². The number of ether oxygens (including phenoxy) is 2. The fourth-order valence-electron chi connectivity index (χ4n) is 6.02. The van der Waals surface area contributed by atoms with Crippen molar-refractivity contribution in [3.05, 3.63) is 48.6 Å². The van der Waals surface area contributed by atoms with E-state index >= 15 is 0 Å². The first kappa shape index (κ1) is 54.9. The fourth-order valence-corrected chi connectivity index (χ4v) is 6.79. The minimum atomic E-state index is -4.62. The third kappa shape index (κ3) is 41.9. The zero-order chi connectivity index (χ0) is 41.9. The Hall–Kier alpha value is -2.07. The Balaban J connectivity index is 4.26. The lowest BCUT2D eigenvalue weighted by atomic mass is 10.1. The molecule has 11 heteroatoms. The molecule has 10 nitrogen and oxygen atoms in total. The van der Waals surface area contributed by atoms with Gasteiger partial charge in [0, 0.05) is 13.0 Å². The summed E-state index contributed by atoms with van der Waals surface area (Å²) in [5.41, 5.74) is 5.36. The van der Waals surface area contributed by atoms with Crippen molar-refractivity contribution in [3.63, 3.8) is 0 Å². The zero-order valence-corrected chi connectivity index (χ0v) is 37.1. The van der Waals surface area contributed by atoms with Crippen LogP contribution in [-0.2, 0) is 32.7 Å². The van der Waals surface area contributed by atoms with Gasteiger partial charge in [-0.2, -0.15) is 0 Å². The van der Waals surface area contributed by atoms with Crippen molar-refractivity contribution in [1.29, 1.82) is 0 Å². The van der Waals surface area contributed by atoms with Gasteiger partial charge >= 0.3 is 19.8 Å². The lowest BCUT2D eigenvalue weighted by Gasteiger charge is -2.20. The summed E-state index contributed by atoms with van der Waals surface area (Å²) in [6, 6.07) is -1.48. The van der Waals surface area contributed by atoms with E-state index in [1.165, 1.54) is 103 Å². The van der Waals surface area contributed by atoms with Gasteiger partial charge < -0.3 is 25.2 Å². The molecule has 0 saturated heterocycles. The molecule has 0 aliphatic rings. The molecule has 0 saturated carbocycles. The molecule has 4 N–H and O–H groups in total. The zero-order valence-electron chi connectivity index (χ0n) is 36.2. The van der Waals surface area contributed by atoms with Gasteiger partial charge in [-0.25, -0.2) is 4.57 Å². The number of hydrogen-bond donors (Lipinski definition) is 3. The van der Waals surface area contributed by atoms with Crippen LogP contribution in [0.25, 0.3) is 0 Å². The molecular weight excluding hydrogens is 741 g/mol. The first-order chi connectivity index (χ1) is 27.7. The lowest BCUT2D eigenvalue weighted by Crippen LogP contribution is -2.34. The Morgan fingerprint density at radius 3 is 1.42 bits per heavy atom. The van der Waals surface area contributed by atoms with E-state index in [0.717, 1.165) is 64.2 Å². The average Bonchev–Trinajstić information content (AvgIpc) is 3.19. The van der Waals surface area contributed by atoms with Crippen LogP contribution in [0.1, 0.15) is 194 Å². The highest BCUT2D eigenvalue weighted by Gasteiger charge is 2.27. The van der Waals surface area contributed by atoms with Crippen LogP contribution in [0.3, 0.4) is 0 Å². The summed E-state index contributed by atoms with van der Waals surface area (Å²) in [7, 11) is -4.62. The van der Waals surface area contributed by atoms with Gasteiger partial charge in [-0.3, -0.25) is 18.6 Å². The molecule has 332 valence electrons. The predicted molar refractivity (Wildman–Crippen MR) is 235 cm³/mol. The molecule has 0 rings (SSSR count). The molecule has 3 unspecified atom stereocenters. The summed E-state index contributed by atoms with van der Waals surface area (Å²) in [6.07, 6.45) is 48.7. The summed E-state index contributed by atoms with van der Waals surface area (Å²) in [4.78, 5) is 33.6. The summed E-state index contributed by atoms with van der Waals surface area (Å²) < 4.78 is 33.4. The van der Waals surface area contributed by atoms with Gasteiger partial charge in [0.15, 0.2) is 0 Å². The van der Waals surface area contributed by atoms with Crippen molar-refractivity contribution in [2.45, 2.75) is 206 Å². The Kier molecular flexibility index (Phi) is 40.5. The van der Waals surface area contributed by atoms with E-state index < -0.39 is 45.1 Å². The predicted octanol–water partition coefficient (Wildman–Crippen LogP) is 12.6. The summed E-state index contributed by atoms with van der Waals surface area (Å²) >= 11 is 0. The Labute approximate surface area is 348 Å². The highest BCUT2D eigenvalue weighted by molar-refractivity contribution is 7.47. The van der Waals surface area contributed by atoms with Gasteiger partial charge in [0.25, 0.3) is 0 Å². The lowest BCUT2D eigenvalue weighted by molar-refractivity contribution is -0.154. The number of aliphatic carboxylic acids is 1. The maximum absolute atomic E-state index is 12.6. The third-order valence-corrected chi connectivity index (χ3v) is 10.5. The van der Waals surface area contributed by atoms with Crippen molar-refractivity contribution in [3.8, 4) is 0 Å². The molecule has 0 aromatic carbocycles. The maximum Gasteiger partial charge on any atom is 0.472 e. The average molecular weight is 826 g/mol. The number of hydrogen-bond acceptors (Lipinski definition) is 8. The smallest absolute Gasteiger partial charge is 0.472 e. The number of phosphoric acid groups is 1. The largest absolute Gasteiger partial charge is 0.480 e. The number of carbonyl (C=O) groups is 2. The number of carbonyl (C=O) groups excluding carboxylic acids is 1. The minimum Gasteiger partial charge on any atom is -0.480 e. The van der Waals surface area contributed by atoms with Crippen molar-refractivity contribution in [1.82, 2.24) is 0 Å². The molecule has 0 fully saturated rings. The van der Waals surface area contributed by atoms with Crippen LogP contribution in [0.5, 0.6) is 0 Å². The quantitative estimate of drug-likeness (QED) is 0.0234. The highest BCUT2D eigenvalue weighted by atomic mass is 31.2. The molecule has 0 radical (unpaired) electrons. The van der Waals surface area contributed by atoms with Gasteiger partial charge in [-0.15, -0.1) is 0 Å². The second-order valence-electron chi connectivity index (χ2n) is 15.2. The first-order valence-corrected chi connectivity index (χ1v) is 24.2. The van der Waals surface area contributed by atoms with E-state index in [4.69, 9.17) is 29.4 Å². The van der Waals surface area contributed by atoms with E-state index in [9.17, 15) is 19.0 Å². The van der Waals surface area contributed by atoms with E-state index in [2.05, 4.69) is 62.5 Å². The van der Waals surface area contributed by atoms with Crippen LogP contribution < -0.4 is 5.73 Å². The number of nitrogens with two attached hydrogens (primary N) is 1. The second kappa shape index (κ2) is 42.1. The van der Waals surface area contributed by atoms with Gasteiger partial charge in [0.05, 0.1) is 19.8 Å². The second-order valence-corrected chi connectivity index (χ2v) is 16.6. The highest BCUT2D eigenvalue weighted by Crippen LogP contribution is 2.43. The van der Waals surface area contributed by atoms with E-state index in [0.29, 0.717) is 13.0 Å². The first-order valence-electron chi connectivity index (χ1n) is 22.7. The van der Waals surface area contributed by atoms with E-state index in [1.54, 1.807) is 0 Å². The van der Waals surface area contributed by atoms with Crippen LogP contribution in [-0.4, -0.2) is 60.5 Å². The number of rotatable bonds is 43. The van der Waals surface area contributed by atoms with Crippen molar-refractivity contribution >= 4 is 19.8 Å². The Morgan fingerprint density at radius 1 is 0.561 bits per heavy atom. The minimum absolute atomic E-state index is 0.00573. The van der Waals surface area contributed by atoms with Crippen molar-refractivity contribution in [2.75, 3.05) is 26.4 Å². The number of allylic oxidation sites excluding steroid dienone is 8. The van der Waals surface area contributed by atoms with Crippen LogP contribution in [0, 0.1) is 0 Å². The van der Waals surface area contributed by atoms with Gasteiger partial charge in [0.2, 0.25) is 0 Å². The molecule has 0 aliphatic heterocycles. The van der Waals surface area contributed by atoms with E-state index in [1.807, 2.05) is 0 Å². The van der Waals surface area contributed by atoms with Crippen LogP contribution in [0.4, 0.5) is 0 Å². The molecule has 0 amide bonds. The normalized spacial score (nSPS) is 14.3. The van der Waals surface area contributed by atoms with Crippen LogP contribution in [0.2, 0.25) is 0 Å². The molecule has 3 atom stereocenters. The number of unbranched alkanes of at least 4 members (excludes halogenated alkanes) is 21. The van der Waals surface area contributed by atoms with Gasteiger partial charge in [-0.1, -0.05) is 159 Å². The monoisotopic (exact) mass is 826 g/mol. The van der Waals surface area contributed by atoms with E-state index in [-0.39, 0.29) is 13.0 Å². The standard InChI is InChI=1S/C46H84NO9P/c1-3-5-7-9-11-13-15-17-19-21-22-24-26-28-30-32-34-36-38-45(48)56-43(41-54-57(51,52)55-42-44(47)46(49)50)40-53-39-37-35-33-31-29-27-25-23-20-18-16-14-12-10-8-6-4-2/h13-16,19-21,23,43-44H,3-12,17-18,22,24-42,47H2,1-2H3,(H,49,50)(H,51,52)/b15-13-,16-14-,21-19-,23-20-.